The van der Waals surface area contributed by atoms with E-state index >= 15 is 0 Å². The molecule has 1 aliphatic heterocycles. The molecule has 11 heteroatoms. The number of hydrogen-bond acceptors (Lipinski definition) is 7. The highest BCUT2D eigenvalue weighted by Crippen LogP contribution is 2.44. The Kier molecular flexibility index (Phi) is 11.5. The minimum Gasteiger partial charge on any atom is -0.462 e. The van der Waals surface area contributed by atoms with Gasteiger partial charge in [0.1, 0.15) is 19.3 Å². The van der Waals surface area contributed by atoms with E-state index in [9.17, 15) is 24.3 Å². The topological polar surface area (TPSA) is 159 Å². The number of para-hydroxylation sites is 1. The first-order valence-corrected chi connectivity index (χ1v) is 17.5. The Morgan fingerprint density at radius 2 is 1.69 bits per heavy atom. The van der Waals surface area contributed by atoms with Gasteiger partial charge < -0.3 is 35.5 Å². The summed E-state index contributed by atoms with van der Waals surface area (Å²) in [4.78, 5) is 56.3. The zero-order chi connectivity index (χ0) is 35.7. The van der Waals surface area contributed by atoms with E-state index < -0.39 is 36.1 Å². The number of hydrogen-bond donors (Lipinski definition) is 5. The van der Waals surface area contributed by atoms with Crippen molar-refractivity contribution in [3.8, 4) is 11.1 Å². The largest absolute Gasteiger partial charge is 0.462 e. The fourth-order valence-electron chi connectivity index (χ4n) is 6.88. The number of cyclic esters (lactones) is 1. The molecule has 0 saturated carbocycles. The van der Waals surface area contributed by atoms with Crippen molar-refractivity contribution < 1.29 is 33.8 Å². The van der Waals surface area contributed by atoms with E-state index in [1.54, 1.807) is 6.92 Å². The fourth-order valence-corrected chi connectivity index (χ4v) is 6.88. The fraction of sp³-hybridized carbons (Fsp3) is 0.350. The van der Waals surface area contributed by atoms with Crippen LogP contribution in [-0.4, -0.2) is 71.9 Å². The van der Waals surface area contributed by atoms with Crippen molar-refractivity contribution in [1.29, 1.82) is 0 Å². The maximum absolute atomic E-state index is 13.6. The monoisotopic (exact) mass is 692 g/mol. The van der Waals surface area contributed by atoms with E-state index in [0.717, 1.165) is 38.7 Å². The van der Waals surface area contributed by atoms with Gasteiger partial charge in [-0.2, -0.15) is 0 Å². The second kappa shape index (κ2) is 16.5. The number of aliphatic hydroxyl groups is 1. The molecule has 51 heavy (non-hydrogen) atoms. The van der Waals surface area contributed by atoms with Crippen LogP contribution in [0.5, 0.6) is 0 Å². The number of aromatic amines is 1. The number of rotatable bonds is 9. The molecule has 4 aromatic rings. The molecule has 3 amide bonds. The van der Waals surface area contributed by atoms with Gasteiger partial charge in [-0.25, -0.2) is 9.59 Å². The van der Waals surface area contributed by atoms with Crippen molar-refractivity contribution >= 4 is 34.8 Å². The quantitative estimate of drug-likeness (QED) is 0.123. The SMILES string of the molecule is C[C@@H](CO)NC(=O)C[C@H]1CC=CCC[C@H](NC(=O)OCC2c3ccccc3-c3ccccc32)C(=O)OC[C@H](Cc2c[nH]c3ccccc23)NC1=O. The molecule has 5 N–H and O–H groups in total. The number of ether oxygens (including phenoxy) is 2. The van der Waals surface area contributed by atoms with Crippen molar-refractivity contribution in [1.82, 2.24) is 20.9 Å². The second-order valence-electron chi connectivity index (χ2n) is 13.3. The Bertz CT molecular complexity index is 1860. The Morgan fingerprint density at radius 1 is 0.980 bits per heavy atom. The van der Waals surface area contributed by atoms with Crippen LogP contribution >= 0.6 is 0 Å². The smallest absolute Gasteiger partial charge is 0.407 e. The van der Waals surface area contributed by atoms with E-state index in [1.807, 2.05) is 79.0 Å². The molecule has 6 rings (SSSR count). The molecule has 2 heterocycles. The standard InChI is InChI=1S/C40H44N4O7/c1-25(22-45)42-37(46)20-26-11-3-2-4-18-36(39(48)50-23-28(43-38(26)47)19-27-21-41-35-17-10-9-12-29(27)35)44-40(49)51-24-34-32-15-7-5-13-30(32)31-14-6-8-16-33(31)34/h2-3,5-10,12-17,21,25-26,28,34,36,41,45H,4,11,18-20,22-24H2,1H3,(H,42,46)(H,43,47)(H,44,49)/t25-,26+,28-,36-/m0/s1. The second-order valence-corrected chi connectivity index (χ2v) is 13.3. The highest BCUT2D eigenvalue weighted by molar-refractivity contribution is 5.87. The first-order chi connectivity index (χ1) is 24.8. The summed E-state index contributed by atoms with van der Waals surface area (Å²) in [5.41, 5.74) is 6.26. The molecular formula is C40H44N4O7. The zero-order valence-corrected chi connectivity index (χ0v) is 28.6. The minimum atomic E-state index is -0.989. The van der Waals surface area contributed by atoms with E-state index in [0.29, 0.717) is 12.8 Å². The van der Waals surface area contributed by atoms with Crippen LogP contribution in [0.1, 0.15) is 55.2 Å². The van der Waals surface area contributed by atoms with E-state index in [1.165, 1.54) is 0 Å². The number of nitrogens with one attached hydrogen (secondary N) is 4. The minimum absolute atomic E-state index is 0.0773. The molecule has 2 aliphatic rings. The normalized spacial score (nSPS) is 20.1. The van der Waals surface area contributed by atoms with Gasteiger partial charge in [0.25, 0.3) is 0 Å². The summed E-state index contributed by atoms with van der Waals surface area (Å²) in [6, 6.07) is 21.9. The third-order valence-corrected chi connectivity index (χ3v) is 9.53. The molecule has 3 aromatic carbocycles. The van der Waals surface area contributed by atoms with Crippen LogP contribution in [0.4, 0.5) is 4.79 Å². The lowest BCUT2D eigenvalue weighted by molar-refractivity contribution is -0.147. The van der Waals surface area contributed by atoms with Crippen LogP contribution in [0.3, 0.4) is 0 Å². The average molecular weight is 693 g/mol. The number of H-pyrrole nitrogens is 1. The predicted octanol–water partition coefficient (Wildman–Crippen LogP) is 4.89. The molecule has 11 nitrogen and oxygen atoms in total. The van der Waals surface area contributed by atoms with Gasteiger partial charge in [0.05, 0.1) is 18.6 Å². The lowest BCUT2D eigenvalue weighted by atomic mass is 9.97. The third-order valence-electron chi connectivity index (χ3n) is 9.53. The van der Waals surface area contributed by atoms with Crippen LogP contribution in [0, 0.1) is 5.92 Å². The highest BCUT2D eigenvalue weighted by atomic mass is 16.6. The molecule has 4 atom stereocenters. The number of carbonyl (C=O) groups is 4. The van der Waals surface area contributed by atoms with Gasteiger partial charge in [0, 0.05) is 35.5 Å². The Morgan fingerprint density at radius 3 is 2.43 bits per heavy atom. The van der Waals surface area contributed by atoms with Gasteiger partial charge in [-0.1, -0.05) is 78.9 Å². The summed E-state index contributed by atoms with van der Waals surface area (Å²) in [7, 11) is 0. The van der Waals surface area contributed by atoms with Gasteiger partial charge >= 0.3 is 12.1 Å². The molecule has 0 fully saturated rings. The molecule has 0 radical (unpaired) electrons. The van der Waals surface area contributed by atoms with Crippen LogP contribution in [0.2, 0.25) is 0 Å². The summed E-state index contributed by atoms with van der Waals surface area (Å²) in [6.07, 6.45) is 5.99. The number of benzene rings is 3. The summed E-state index contributed by atoms with van der Waals surface area (Å²) in [5, 5.41) is 18.8. The maximum Gasteiger partial charge on any atom is 0.407 e. The lowest BCUT2D eigenvalue weighted by Crippen LogP contribution is -2.47. The number of aliphatic hydroxyl groups excluding tert-OH is 1. The van der Waals surface area contributed by atoms with Gasteiger partial charge in [-0.15, -0.1) is 0 Å². The lowest BCUT2D eigenvalue weighted by Gasteiger charge is -2.23. The van der Waals surface area contributed by atoms with Gasteiger partial charge in [-0.3, -0.25) is 9.59 Å². The van der Waals surface area contributed by atoms with Gasteiger partial charge in [0.15, 0.2) is 0 Å². The number of esters is 1. The Hall–Kier alpha value is -5.42. The van der Waals surface area contributed by atoms with Crippen LogP contribution < -0.4 is 16.0 Å². The van der Waals surface area contributed by atoms with Crippen molar-refractivity contribution in [2.24, 2.45) is 5.92 Å². The summed E-state index contributed by atoms with van der Waals surface area (Å²) < 4.78 is 11.5. The van der Waals surface area contributed by atoms with Crippen molar-refractivity contribution in [3.05, 3.63) is 108 Å². The Balaban J connectivity index is 1.16. The van der Waals surface area contributed by atoms with Crippen LogP contribution in [0.25, 0.3) is 22.0 Å². The van der Waals surface area contributed by atoms with Crippen LogP contribution in [-0.2, 0) is 30.3 Å². The number of alkyl carbamates (subject to hydrolysis) is 1. The average Bonchev–Trinajstić information content (AvgIpc) is 3.69. The molecule has 266 valence electrons. The van der Waals surface area contributed by atoms with E-state index in [-0.39, 0.29) is 56.8 Å². The van der Waals surface area contributed by atoms with Crippen molar-refractivity contribution in [3.63, 3.8) is 0 Å². The van der Waals surface area contributed by atoms with E-state index in [4.69, 9.17) is 9.47 Å². The van der Waals surface area contributed by atoms with Crippen LogP contribution in [0.15, 0.2) is 91.1 Å². The molecule has 1 aromatic heterocycles. The predicted molar refractivity (Wildman–Crippen MR) is 193 cm³/mol. The molecule has 0 bridgehead atoms. The number of fused-ring (bicyclic) bond motifs is 4. The number of amides is 3. The van der Waals surface area contributed by atoms with Gasteiger partial charge in [0.2, 0.25) is 11.8 Å². The summed E-state index contributed by atoms with van der Waals surface area (Å²) >= 11 is 0. The van der Waals surface area contributed by atoms with Gasteiger partial charge in [-0.05, 0) is 66.5 Å². The first kappa shape index (κ1) is 35.4. The number of allylic oxidation sites excluding steroid dienone is 2. The molecule has 0 unspecified atom stereocenters. The molecule has 0 spiro atoms. The molecule has 1 aliphatic carbocycles. The third kappa shape index (κ3) is 8.67. The molecule has 0 saturated heterocycles. The first-order valence-electron chi connectivity index (χ1n) is 17.5. The maximum atomic E-state index is 13.6. The highest BCUT2D eigenvalue weighted by Gasteiger charge is 2.31. The number of aromatic nitrogens is 1. The summed E-state index contributed by atoms with van der Waals surface area (Å²) in [5.74, 6) is -2.15. The van der Waals surface area contributed by atoms with E-state index in [2.05, 4.69) is 33.1 Å². The summed E-state index contributed by atoms with van der Waals surface area (Å²) in [6.45, 7) is 1.42. The zero-order valence-electron chi connectivity index (χ0n) is 28.6. The molecular weight excluding hydrogens is 648 g/mol. The number of carbonyl (C=O) groups excluding carboxylic acids is 4. The van der Waals surface area contributed by atoms with Crippen molar-refractivity contribution in [2.75, 3.05) is 19.8 Å². The Labute approximate surface area is 296 Å². The van der Waals surface area contributed by atoms with Crippen molar-refractivity contribution in [2.45, 2.75) is 63.1 Å².